The van der Waals surface area contributed by atoms with Crippen LogP contribution >= 0.6 is 24.0 Å². The Kier molecular flexibility index (Phi) is 11.4. The molecule has 0 amide bonds. The fourth-order valence-electron chi connectivity index (χ4n) is 3.67. The van der Waals surface area contributed by atoms with Crippen LogP contribution < -0.4 is 10.6 Å². The number of guanidine groups is 1. The summed E-state index contributed by atoms with van der Waals surface area (Å²) >= 11 is 0. The van der Waals surface area contributed by atoms with E-state index in [-0.39, 0.29) is 30.1 Å². The monoisotopic (exact) mass is 556 g/mol. The second-order valence-corrected chi connectivity index (χ2v) is 8.34. The van der Waals surface area contributed by atoms with E-state index in [4.69, 9.17) is 9.26 Å². The highest BCUT2D eigenvalue weighted by molar-refractivity contribution is 14.0. The van der Waals surface area contributed by atoms with E-state index in [0.29, 0.717) is 11.8 Å². The van der Waals surface area contributed by atoms with Crippen molar-refractivity contribution in [2.75, 3.05) is 46.4 Å². The van der Waals surface area contributed by atoms with Crippen molar-refractivity contribution in [1.82, 2.24) is 25.7 Å². The topological polar surface area (TPSA) is 87.8 Å². The number of halogens is 1. The Balaban J connectivity index is 0.00000363. The summed E-state index contributed by atoms with van der Waals surface area (Å²) < 4.78 is 11.2. The molecule has 32 heavy (non-hydrogen) atoms. The summed E-state index contributed by atoms with van der Waals surface area (Å²) in [5.74, 6) is 2.78. The highest BCUT2D eigenvalue weighted by atomic mass is 127. The Labute approximate surface area is 208 Å². The van der Waals surface area contributed by atoms with Gasteiger partial charge in [0.15, 0.2) is 11.8 Å². The van der Waals surface area contributed by atoms with Crippen LogP contribution in [0.15, 0.2) is 33.8 Å². The maximum Gasteiger partial charge on any atom is 0.257 e. The van der Waals surface area contributed by atoms with Gasteiger partial charge in [0.2, 0.25) is 0 Å². The van der Waals surface area contributed by atoms with Gasteiger partial charge in [0.1, 0.15) is 0 Å². The molecule has 1 fully saturated rings. The molecule has 1 aliphatic heterocycles. The third kappa shape index (κ3) is 8.32. The summed E-state index contributed by atoms with van der Waals surface area (Å²) in [4.78, 5) is 11.2. The van der Waals surface area contributed by atoms with E-state index in [1.54, 1.807) is 7.05 Å². The van der Waals surface area contributed by atoms with E-state index in [0.717, 1.165) is 69.5 Å². The van der Waals surface area contributed by atoms with Gasteiger partial charge in [0, 0.05) is 51.8 Å². The smallest absolute Gasteiger partial charge is 0.257 e. The Bertz CT molecular complexity index is 824. The van der Waals surface area contributed by atoms with E-state index in [1.165, 1.54) is 5.56 Å². The van der Waals surface area contributed by atoms with Crippen LogP contribution in [0, 0.1) is 5.92 Å². The fraction of sp³-hybridized carbons (Fsp3) is 0.609. The van der Waals surface area contributed by atoms with E-state index >= 15 is 0 Å². The van der Waals surface area contributed by atoms with Gasteiger partial charge in [-0.1, -0.05) is 38.1 Å². The van der Waals surface area contributed by atoms with Gasteiger partial charge in [-0.15, -0.1) is 24.0 Å². The molecule has 8 nitrogen and oxygen atoms in total. The molecule has 0 spiro atoms. The Hall–Kier alpha value is -1.72. The molecule has 0 bridgehead atoms. The third-order valence-corrected chi connectivity index (χ3v) is 5.26. The van der Waals surface area contributed by atoms with Crippen LogP contribution in [0.25, 0.3) is 11.5 Å². The number of aromatic nitrogens is 2. The summed E-state index contributed by atoms with van der Waals surface area (Å²) in [5.41, 5.74) is 2.18. The first-order valence-corrected chi connectivity index (χ1v) is 11.3. The zero-order valence-electron chi connectivity index (χ0n) is 19.6. The van der Waals surface area contributed by atoms with Crippen molar-refractivity contribution in [2.45, 2.75) is 39.7 Å². The molecule has 1 aliphatic rings. The molecule has 1 aromatic heterocycles. The van der Waals surface area contributed by atoms with Crippen LogP contribution in [0.2, 0.25) is 0 Å². The van der Waals surface area contributed by atoms with Crippen molar-refractivity contribution in [1.29, 1.82) is 0 Å². The normalized spacial score (nSPS) is 17.3. The van der Waals surface area contributed by atoms with Crippen LogP contribution in [0.5, 0.6) is 0 Å². The summed E-state index contributed by atoms with van der Waals surface area (Å²) in [6, 6.07) is 8.25. The summed E-state index contributed by atoms with van der Waals surface area (Å²) in [6.07, 6.45) is 1.86. The molecule has 2 N–H and O–H groups in total. The largest absolute Gasteiger partial charge is 0.374 e. The van der Waals surface area contributed by atoms with Crippen LogP contribution in [0.4, 0.5) is 0 Å². The number of ether oxygens (including phenoxy) is 1. The first-order chi connectivity index (χ1) is 15.1. The van der Waals surface area contributed by atoms with Gasteiger partial charge in [-0.05, 0) is 30.0 Å². The number of benzene rings is 1. The molecule has 1 atom stereocenters. The lowest BCUT2D eigenvalue weighted by molar-refractivity contribution is -0.0284. The predicted molar refractivity (Wildman–Crippen MR) is 139 cm³/mol. The van der Waals surface area contributed by atoms with Crippen LogP contribution in [-0.2, 0) is 17.6 Å². The molecular weight excluding hydrogens is 519 g/mol. The molecule has 0 radical (unpaired) electrons. The lowest BCUT2D eigenvalue weighted by Crippen LogP contribution is -2.50. The standard InChI is InChI=1S/C23H36N6O2.HI/c1-5-21-27-22(31-28-21)19-8-6-18(7-9-19)10-11-25-23(24-4)26-14-20-16-29(12-13-30-20)15-17(2)3;/h6-9,17,20H,5,10-16H2,1-4H3,(H2,24,25,26);1H. The maximum atomic E-state index is 5.91. The molecule has 1 unspecified atom stereocenters. The maximum absolute atomic E-state index is 5.91. The summed E-state index contributed by atoms with van der Waals surface area (Å²) in [7, 11) is 1.80. The molecular formula is C23H37IN6O2. The average molecular weight is 556 g/mol. The SMILES string of the molecule is CCc1noc(-c2ccc(CCNC(=NC)NCC3CN(CC(C)C)CCO3)cc2)n1.I. The summed E-state index contributed by atoms with van der Waals surface area (Å²) in [5, 5.41) is 10.7. The molecule has 2 aromatic rings. The van der Waals surface area contributed by atoms with Crippen molar-refractivity contribution in [3.63, 3.8) is 0 Å². The lowest BCUT2D eigenvalue weighted by Gasteiger charge is -2.34. The van der Waals surface area contributed by atoms with Crippen molar-refractivity contribution in [3.05, 3.63) is 35.7 Å². The minimum atomic E-state index is 0. The highest BCUT2D eigenvalue weighted by Gasteiger charge is 2.21. The fourth-order valence-corrected chi connectivity index (χ4v) is 3.67. The Morgan fingerprint density at radius 1 is 1.25 bits per heavy atom. The predicted octanol–water partition coefficient (Wildman–Crippen LogP) is 2.98. The van der Waals surface area contributed by atoms with Gasteiger partial charge < -0.3 is 19.9 Å². The third-order valence-electron chi connectivity index (χ3n) is 5.26. The van der Waals surface area contributed by atoms with Gasteiger partial charge in [-0.2, -0.15) is 4.98 Å². The molecule has 178 valence electrons. The van der Waals surface area contributed by atoms with E-state index in [9.17, 15) is 0 Å². The van der Waals surface area contributed by atoms with Crippen molar-refractivity contribution in [2.24, 2.45) is 10.9 Å². The minimum absolute atomic E-state index is 0. The molecule has 0 aliphatic carbocycles. The van der Waals surface area contributed by atoms with Gasteiger partial charge >= 0.3 is 0 Å². The van der Waals surface area contributed by atoms with Gasteiger partial charge in [0.25, 0.3) is 5.89 Å². The average Bonchev–Trinajstić information content (AvgIpc) is 3.26. The molecule has 1 saturated heterocycles. The highest BCUT2D eigenvalue weighted by Crippen LogP contribution is 2.18. The Morgan fingerprint density at radius 2 is 2.03 bits per heavy atom. The Morgan fingerprint density at radius 3 is 2.69 bits per heavy atom. The van der Waals surface area contributed by atoms with Crippen LogP contribution in [0.3, 0.4) is 0 Å². The minimum Gasteiger partial charge on any atom is -0.374 e. The molecule has 9 heteroatoms. The molecule has 2 heterocycles. The molecule has 3 rings (SSSR count). The van der Waals surface area contributed by atoms with Gasteiger partial charge in [0.05, 0.1) is 12.7 Å². The number of rotatable bonds is 9. The summed E-state index contributed by atoms with van der Waals surface area (Å²) in [6.45, 7) is 12.0. The first kappa shape index (κ1) is 26.5. The quantitative estimate of drug-likeness (QED) is 0.279. The van der Waals surface area contributed by atoms with Crippen molar-refractivity contribution in [3.8, 4) is 11.5 Å². The molecule has 0 saturated carbocycles. The number of hydrogen-bond acceptors (Lipinski definition) is 6. The van der Waals surface area contributed by atoms with Crippen LogP contribution in [-0.4, -0.2) is 73.5 Å². The first-order valence-electron chi connectivity index (χ1n) is 11.3. The van der Waals surface area contributed by atoms with Gasteiger partial charge in [-0.3, -0.25) is 9.89 Å². The number of hydrogen-bond donors (Lipinski definition) is 2. The number of morpholine rings is 1. The second-order valence-electron chi connectivity index (χ2n) is 8.34. The van der Waals surface area contributed by atoms with Gasteiger partial charge in [-0.25, -0.2) is 0 Å². The lowest BCUT2D eigenvalue weighted by atomic mass is 10.1. The number of aryl methyl sites for hydroxylation is 1. The van der Waals surface area contributed by atoms with E-state index in [1.807, 2.05) is 19.1 Å². The number of nitrogens with one attached hydrogen (secondary N) is 2. The van der Waals surface area contributed by atoms with Crippen LogP contribution in [0.1, 0.15) is 32.2 Å². The zero-order valence-corrected chi connectivity index (χ0v) is 22.0. The molecule has 1 aromatic carbocycles. The number of nitrogens with zero attached hydrogens (tertiary/aromatic N) is 4. The zero-order chi connectivity index (χ0) is 22.1. The second kappa shape index (κ2) is 13.7. The van der Waals surface area contributed by atoms with Crippen molar-refractivity contribution < 1.29 is 9.26 Å². The van der Waals surface area contributed by atoms with E-state index in [2.05, 4.69) is 56.6 Å². The van der Waals surface area contributed by atoms with Crippen molar-refractivity contribution >= 4 is 29.9 Å². The number of aliphatic imine (C=N–C) groups is 1. The van der Waals surface area contributed by atoms with E-state index < -0.39 is 0 Å².